The molecular weight excluding hydrogens is 310 g/mol. The van der Waals surface area contributed by atoms with Crippen molar-refractivity contribution in [1.82, 2.24) is 9.55 Å². The van der Waals surface area contributed by atoms with Crippen molar-refractivity contribution in [3.63, 3.8) is 0 Å². The molecule has 108 valence electrons. The van der Waals surface area contributed by atoms with Gasteiger partial charge in [-0.25, -0.2) is 22.5 Å². The van der Waals surface area contributed by atoms with Gasteiger partial charge < -0.3 is 5.73 Å². The normalized spacial score (nSPS) is 11.3. The van der Waals surface area contributed by atoms with E-state index in [4.69, 9.17) is 17.3 Å². The number of anilines is 1. The summed E-state index contributed by atoms with van der Waals surface area (Å²) in [5.74, 6) is -5.42. The van der Waals surface area contributed by atoms with Gasteiger partial charge in [0, 0.05) is 6.07 Å². The van der Waals surface area contributed by atoms with Crippen molar-refractivity contribution in [3.8, 4) is 5.69 Å². The third-order valence-corrected chi connectivity index (χ3v) is 3.27. The lowest BCUT2D eigenvalue weighted by Crippen LogP contribution is -2.05. The zero-order chi connectivity index (χ0) is 15.3. The van der Waals surface area contributed by atoms with Crippen LogP contribution < -0.4 is 5.73 Å². The summed E-state index contributed by atoms with van der Waals surface area (Å²) in [6, 6.07) is 3.92. The number of benzene rings is 2. The van der Waals surface area contributed by atoms with Crippen LogP contribution in [0.25, 0.3) is 16.7 Å². The Bertz CT molecular complexity index is 876. The first-order valence-corrected chi connectivity index (χ1v) is 6.04. The molecule has 0 fully saturated rings. The van der Waals surface area contributed by atoms with Gasteiger partial charge in [0.2, 0.25) is 5.95 Å². The molecule has 21 heavy (non-hydrogen) atoms. The van der Waals surface area contributed by atoms with Crippen molar-refractivity contribution in [1.29, 1.82) is 0 Å². The van der Waals surface area contributed by atoms with Gasteiger partial charge in [0.25, 0.3) is 0 Å². The molecule has 0 amide bonds. The number of hydrogen-bond acceptors (Lipinski definition) is 2. The van der Waals surface area contributed by atoms with Gasteiger partial charge in [-0.3, -0.25) is 4.57 Å². The average Bonchev–Trinajstić information content (AvgIpc) is 2.73. The molecule has 0 atom stereocenters. The molecule has 2 N–H and O–H groups in total. The predicted molar refractivity (Wildman–Crippen MR) is 70.3 cm³/mol. The number of halogens is 5. The average molecular weight is 316 g/mol. The van der Waals surface area contributed by atoms with Gasteiger partial charge in [0.05, 0.1) is 21.7 Å². The van der Waals surface area contributed by atoms with Crippen LogP contribution in [0.4, 0.5) is 23.5 Å². The predicted octanol–water partition coefficient (Wildman–Crippen LogP) is 3.82. The number of imidazole rings is 1. The minimum absolute atomic E-state index is 0.0827. The van der Waals surface area contributed by atoms with E-state index in [1.54, 1.807) is 0 Å². The number of fused-ring (bicyclic) bond motifs is 1. The highest BCUT2D eigenvalue weighted by molar-refractivity contribution is 6.31. The maximum Gasteiger partial charge on any atom is 0.206 e. The Kier molecular flexibility index (Phi) is 3.02. The lowest BCUT2D eigenvalue weighted by molar-refractivity contribution is 0.445. The largest absolute Gasteiger partial charge is 0.369 e. The first-order chi connectivity index (χ1) is 9.90. The van der Waals surface area contributed by atoms with E-state index in [2.05, 4.69) is 4.98 Å². The lowest BCUT2D eigenvalue weighted by atomic mass is 10.2. The molecule has 0 radical (unpaired) electrons. The second-order valence-electron chi connectivity index (χ2n) is 4.25. The summed E-state index contributed by atoms with van der Waals surface area (Å²) in [6.07, 6.45) is 0. The van der Waals surface area contributed by atoms with E-state index in [0.29, 0.717) is 0 Å². The molecule has 0 bridgehead atoms. The molecule has 0 saturated carbocycles. The second-order valence-corrected chi connectivity index (χ2v) is 4.66. The Morgan fingerprint density at radius 3 is 2.43 bits per heavy atom. The SMILES string of the molecule is Nc1nc2cc(Cl)c(F)cc2n1-c1ccc(F)c(F)c1F. The van der Waals surface area contributed by atoms with E-state index in [9.17, 15) is 17.6 Å². The van der Waals surface area contributed by atoms with E-state index in [0.717, 1.165) is 22.8 Å². The summed E-state index contributed by atoms with van der Waals surface area (Å²) in [6.45, 7) is 0. The molecule has 0 unspecified atom stereocenters. The second kappa shape index (κ2) is 4.63. The highest BCUT2D eigenvalue weighted by Crippen LogP contribution is 2.29. The van der Waals surface area contributed by atoms with E-state index < -0.39 is 23.3 Å². The monoisotopic (exact) mass is 315 g/mol. The highest BCUT2D eigenvalue weighted by Gasteiger charge is 2.19. The molecule has 0 spiro atoms. The molecular formula is C13H6ClF4N3. The zero-order valence-corrected chi connectivity index (χ0v) is 10.9. The molecule has 0 aliphatic carbocycles. The van der Waals surface area contributed by atoms with E-state index in [1.165, 1.54) is 6.07 Å². The van der Waals surface area contributed by atoms with Crippen LogP contribution in [0.1, 0.15) is 0 Å². The van der Waals surface area contributed by atoms with Gasteiger partial charge in [0.1, 0.15) is 5.82 Å². The van der Waals surface area contributed by atoms with Crippen LogP contribution in [-0.2, 0) is 0 Å². The van der Waals surface area contributed by atoms with E-state index >= 15 is 0 Å². The summed E-state index contributed by atoms with van der Waals surface area (Å²) in [5.41, 5.74) is 5.55. The topological polar surface area (TPSA) is 43.8 Å². The Hall–Kier alpha value is -2.28. The van der Waals surface area contributed by atoms with Crippen molar-refractivity contribution in [2.75, 3.05) is 5.73 Å². The van der Waals surface area contributed by atoms with Crippen LogP contribution >= 0.6 is 11.6 Å². The molecule has 2 aromatic carbocycles. The summed E-state index contributed by atoms with van der Waals surface area (Å²) in [5, 5.41) is -0.182. The Labute approximate surface area is 120 Å². The van der Waals surface area contributed by atoms with Crippen molar-refractivity contribution in [2.24, 2.45) is 0 Å². The minimum atomic E-state index is -1.65. The molecule has 3 aromatic rings. The molecule has 1 heterocycles. The van der Waals surface area contributed by atoms with Crippen molar-refractivity contribution >= 4 is 28.6 Å². The van der Waals surface area contributed by atoms with Gasteiger partial charge in [-0.2, -0.15) is 0 Å². The fourth-order valence-corrected chi connectivity index (χ4v) is 2.19. The molecule has 1 aromatic heterocycles. The van der Waals surface area contributed by atoms with Crippen LogP contribution in [-0.4, -0.2) is 9.55 Å². The van der Waals surface area contributed by atoms with Crippen molar-refractivity contribution in [2.45, 2.75) is 0 Å². The van der Waals surface area contributed by atoms with Crippen molar-refractivity contribution < 1.29 is 17.6 Å². The summed E-state index contributed by atoms with van der Waals surface area (Å²) in [7, 11) is 0. The molecule has 3 rings (SSSR count). The van der Waals surface area contributed by atoms with Gasteiger partial charge in [0.15, 0.2) is 17.5 Å². The first kappa shape index (κ1) is 13.7. The molecule has 0 aliphatic rings. The number of nitrogens with zero attached hydrogens (tertiary/aromatic N) is 2. The van der Waals surface area contributed by atoms with E-state index in [1.807, 2.05) is 0 Å². The maximum atomic E-state index is 13.9. The van der Waals surface area contributed by atoms with Gasteiger partial charge >= 0.3 is 0 Å². The molecule has 8 heteroatoms. The number of hydrogen-bond donors (Lipinski definition) is 1. The van der Waals surface area contributed by atoms with Crippen LogP contribution in [0.2, 0.25) is 5.02 Å². The van der Waals surface area contributed by atoms with Crippen molar-refractivity contribution in [3.05, 3.63) is 52.6 Å². The Morgan fingerprint density at radius 2 is 1.71 bits per heavy atom. The lowest BCUT2D eigenvalue weighted by Gasteiger charge is -2.09. The maximum absolute atomic E-state index is 13.9. The Morgan fingerprint density at radius 1 is 1.00 bits per heavy atom. The molecule has 0 aliphatic heterocycles. The smallest absolute Gasteiger partial charge is 0.206 e. The first-order valence-electron chi connectivity index (χ1n) is 5.67. The fourth-order valence-electron chi connectivity index (χ4n) is 2.03. The Balaban J connectivity index is 2.38. The molecule has 0 saturated heterocycles. The quantitative estimate of drug-likeness (QED) is 0.548. The minimum Gasteiger partial charge on any atom is -0.369 e. The third-order valence-electron chi connectivity index (χ3n) is 2.98. The zero-order valence-electron chi connectivity index (χ0n) is 10.2. The standard InChI is InChI=1S/C13H6ClF4N3/c14-5-3-8-10(4-7(5)16)21(13(19)20-8)9-2-1-6(15)11(17)12(9)18/h1-4H,(H2,19,20). The van der Waals surface area contributed by atoms with Crippen LogP contribution in [0.5, 0.6) is 0 Å². The summed E-state index contributed by atoms with van der Waals surface area (Å²) < 4.78 is 54.7. The third kappa shape index (κ3) is 2.01. The van der Waals surface area contributed by atoms with Crippen LogP contribution in [0.15, 0.2) is 24.3 Å². The van der Waals surface area contributed by atoms with Crippen LogP contribution in [0, 0.1) is 23.3 Å². The number of rotatable bonds is 1. The van der Waals surface area contributed by atoms with Gasteiger partial charge in [-0.15, -0.1) is 0 Å². The summed E-state index contributed by atoms with van der Waals surface area (Å²) in [4.78, 5) is 3.89. The van der Waals surface area contributed by atoms with Gasteiger partial charge in [-0.1, -0.05) is 11.6 Å². The summed E-state index contributed by atoms with van der Waals surface area (Å²) >= 11 is 5.62. The number of aromatic nitrogens is 2. The fraction of sp³-hybridized carbons (Fsp3) is 0. The number of nitrogen functional groups attached to an aromatic ring is 1. The highest BCUT2D eigenvalue weighted by atomic mass is 35.5. The van der Waals surface area contributed by atoms with E-state index in [-0.39, 0.29) is 27.7 Å². The number of nitrogens with two attached hydrogens (primary N) is 1. The van der Waals surface area contributed by atoms with Crippen LogP contribution in [0.3, 0.4) is 0 Å². The van der Waals surface area contributed by atoms with Gasteiger partial charge in [-0.05, 0) is 18.2 Å². The molecule has 3 nitrogen and oxygen atoms in total.